The molecule has 0 saturated heterocycles. The number of fused-ring (bicyclic) bond motifs is 1. The van der Waals surface area contributed by atoms with E-state index in [1.54, 1.807) is 18.2 Å². The summed E-state index contributed by atoms with van der Waals surface area (Å²) in [6.07, 6.45) is 0. The van der Waals surface area contributed by atoms with Gasteiger partial charge >= 0.3 is 0 Å². The summed E-state index contributed by atoms with van der Waals surface area (Å²) in [5.41, 5.74) is 3.68. The van der Waals surface area contributed by atoms with Gasteiger partial charge in [-0.2, -0.15) is 0 Å². The van der Waals surface area contributed by atoms with Crippen LogP contribution in [0.3, 0.4) is 0 Å². The van der Waals surface area contributed by atoms with Gasteiger partial charge in [0.05, 0.1) is 10.4 Å². The summed E-state index contributed by atoms with van der Waals surface area (Å²) in [5, 5.41) is 11.8. The van der Waals surface area contributed by atoms with Crippen molar-refractivity contribution in [1.29, 1.82) is 0 Å². The zero-order valence-corrected chi connectivity index (χ0v) is 10.9. The molecule has 3 rings (SSSR count). The second-order valence-electron chi connectivity index (χ2n) is 3.93. The molecule has 20 heavy (non-hydrogen) atoms. The number of rotatable bonds is 2. The summed E-state index contributed by atoms with van der Waals surface area (Å²) < 4.78 is 26.8. The Morgan fingerprint density at radius 3 is 2.70 bits per heavy atom. The zero-order valence-electron chi connectivity index (χ0n) is 10.0. The molecule has 0 radical (unpaired) electrons. The molecule has 0 saturated carbocycles. The second kappa shape index (κ2) is 5.30. The summed E-state index contributed by atoms with van der Waals surface area (Å²) in [5.74, 6) is -0.712. The second-order valence-corrected chi connectivity index (χ2v) is 4.94. The van der Waals surface area contributed by atoms with Crippen LogP contribution in [0.25, 0.3) is 10.2 Å². The average Bonchev–Trinajstić information content (AvgIpc) is 2.45. The van der Waals surface area contributed by atoms with Crippen molar-refractivity contribution in [3.05, 3.63) is 58.9 Å². The van der Waals surface area contributed by atoms with Crippen molar-refractivity contribution < 1.29 is 8.78 Å². The first-order valence-corrected chi connectivity index (χ1v) is 6.51. The molecule has 0 aliphatic heterocycles. The Bertz CT molecular complexity index is 832. The van der Waals surface area contributed by atoms with Crippen LogP contribution in [0.1, 0.15) is 0 Å². The predicted octanol–water partition coefficient (Wildman–Crippen LogP) is 2.90. The minimum atomic E-state index is -0.360. The van der Waals surface area contributed by atoms with Crippen LogP contribution in [-0.4, -0.2) is 10.2 Å². The number of benzene rings is 2. The summed E-state index contributed by atoms with van der Waals surface area (Å²) >= 11 is 1.26. The fourth-order valence-electron chi connectivity index (χ4n) is 1.59. The van der Waals surface area contributed by atoms with Gasteiger partial charge in [-0.25, -0.2) is 8.78 Å². The molecule has 4 nitrogen and oxygen atoms in total. The third-order valence-corrected chi connectivity index (χ3v) is 3.39. The molecule has 0 bridgehead atoms. The number of anilines is 1. The number of hydrogen-bond acceptors (Lipinski definition) is 5. The van der Waals surface area contributed by atoms with E-state index >= 15 is 0 Å². The Hall–Kier alpha value is -2.41. The van der Waals surface area contributed by atoms with Gasteiger partial charge in [0.25, 0.3) is 0 Å². The van der Waals surface area contributed by atoms with Crippen LogP contribution < -0.4 is 10.2 Å². The van der Waals surface area contributed by atoms with Crippen molar-refractivity contribution in [2.45, 2.75) is 0 Å². The molecule has 1 aromatic heterocycles. The average molecular weight is 290 g/mol. The highest BCUT2D eigenvalue weighted by atomic mass is 32.1. The van der Waals surface area contributed by atoms with Gasteiger partial charge in [0.15, 0.2) is 0 Å². The fourth-order valence-corrected chi connectivity index (χ4v) is 2.30. The summed E-state index contributed by atoms with van der Waals surface area (Å²) in [6, 6.07) is 10.2. The van der Waals surface area contributed by atoms with Crippen molar-refractivity contribution in [2.24, 2.45) is 5.10 Å². The lowest BCUT2D eigenvalue weighted by Gasteiger charge is -1.99. The van der Waals surface area contributed by atoms with Gasteiger partial charge < -0.3 is 0 Å². The first-order valence-electron chi connectivity index (χ1n) is 5.69. The molecule has 0 amide bonds. The van der Waals surface area contributed by atoms with Crippen molar-refractivity contribution in [2.75, 3.05) is 5.43 Å². The monoisotopic (exact) mass is 290 g/mol. The number of aromatic nitrogens is 2. The number of nitrogens with zero attached hydrogens (tertiary/aromatic N) is 3. The Labute approximate surface area is 116 Å². The fraction of sp³-hybridized carbons (Fsp3) is 0. The Morgan fingerprint density at radius 2 is 1.85 bits per heavy atom. The summed E-state index contributed by atoms with van der Waals surface area (Å²) in [6.45, 7) is 0. The van der Waals surface area contributed by atoms with Gasteiger partial charge in [0.1, 0.15) is 17.2 Å². The SMILES string of the molecule is Fc1cccc(NN=c2nnc3cc(F)ccc3s2)c1. The van der Waals surface area contributed by atoms with E-state index in [0.29, 0.717) is 16.0 Å². The van der Waals surface area contributed by atoms with E-state index in [1.807, 2.05) is 0 Å². The molecule has 3 aromatic rings. The first-order chi connectivity index (χ1) is 9.70. The summed E-state index contributed by atoms with van der Waals surface area (Å²) in [7, 11) is 0. The molecule has 0 spiro atoms. The molecule has 0 atom stereocenters. The maximum Gasteiger partial charge on any atom is 0.248 e. The number of nitrogens with one attached hydrogen (secondary N) is 1. The molecule has 100 valence electrons. The van der Waals surface area contributed by atoms with Crippen LogP contribution in [-0.2, 0) is 0 Å². The van der Waals surface area contributed by atoms with Crippen LogP contribution in [0.5, 0.6) is 0 Å². The van der Waals surface area contributed by atoms with Crippen molar-refractivity contribution in [3.8, 4) is 0 Å². The zero-order chi connectivity index (χ0) is 13.9. The maximum absolute atomic E-state index is 13.0. The van der Waals surface area contributed by atoms with E-state index in [1.165, 1.54) is 35.6 Å². The predicted molar refractivity (Wildman–Crippen MR) is 73.0 cm³/mol. The van der Waals surface area contributed by atoms with E-state index in [9.17, 15) is 8.78 Å². The lowest BCUT2D eigenvalue weighted by molar-refractivity contribution is 0.628. The van der Waals surface area contributed by atoms with Crippen molar-refractivity contribution in [3.63, 3.8) is 0 Å². The van der Waals surface area contributed by atoms with E-state index in [0.717, 1.165) is 4.70 Å². The van der Waals surface area contributed by atoms with Crippen molar-refractivity contribution in [1.82, 2.24) is 10.2 Å². The standard InChI is InChI=1S/C13H8F2N4S/c14-8-2-1-3-10(6-8)16-18-13-19-17-11-7-9(15)4-5-12(11)20-13/h1-7,16H. The molecule has 2 aromatic carbocycles. The Kier molecular flexibility index (Phi) is 3.34. The third kappa shape index (κ3) is 2.77. The van der Waals surface area contributed by atoms with Crippen molar-refractivity contribution >= 4 is 27.2 Å². The first kappa shape index (κ1) is 12.6. The van der Waals surface area contributed by atoms with Gasteiger partial charge in [0, 0.05) is 6.07 Å². The van der Waals surface area contributed by atoms with E-state index in [2.05, 4.69) is 20.7 Å². The quantitative estimate of drug-likeness (QED) is 0.738. The highest BCUT2D eigenvalue weighted by Gasteiger charge is 1.99. The molecule has 7 heteroatoms. The molecule has 0 fully saturated rings. The molecule has 0 unspecified atom stereocenters. The van der Waals surface area contributed by atoms with E-state index < -0.39 is 0 Å². The highest BCUT2D eigenvalue weighted by molar-refractivity contribution is 7.15. The van der Waals surface area contributed by atoms with Gasteiger partial charge in [0.2, 0.25) is 4.80 Å². The molecule has 0 aliphatic carbocycles. The van der Waals surface area contributed by atoms with E-state index in [4.69, 9.17) is 0 Å². The molecular formula is C13H8F2N4S. The normalized spacial score (nSPS) is 11.8. The van der Waals surface area contributed by atoms with Crippen LogP contribution in [0, 0.1) is 11.6 Å². The van der Waals surface area contributed by atoms with Crippen LogP contribution in [0.15, 0.2) is 47.6 Å². The molecule has 1 N–H and O–H groups in total. The van der Waals surface area contributed by atoms with Crippen LogP contribution >= 0.6 is 11.3 Å². The minimum Gasteiger partial charge on any atom is -0.275 e. The lowest BCUT2D eigenvalue weighted by Crippen LogP contribution is -2.08. The Morgan fingerprint density at radius 1 is 1.00 bits per heavy atom. The topological polar surface area (TPSA) is 50.2 Å². The third-order valence-electron chi connectivity index (χ3n) is 2.47. The van der Waals surface area contributed by atoms with Gasteiger partial charge in [-0.1, -0.05) is 17.4 Å². The van der Waals surface area contributed by atoms with Gasteiger partial charge in [-0.05, 0) is 30.3 Å². The van der Waals surface area contributed by atoms with Crippen LogP contribution in [0.4, 0.5) is 14.5 Å². The largest absolute Gasteiger partial charge is 0.275 e. The maximum atomic E-state index is 13.0. The smallest absolute Gasteiger partial charge is 0.248 e. The number of halogens is 2. The molecule has 1 heterocycles. The van der Waals surface area contributed by atoms with E-state index in [-0.39, 0.29) is 11.6 Å². The lowest BCUT2D eigenvalue weighted by atomic mass is 10.3. The van der Waals surface area contributed by atoms with Gasteiger partial charge in [-0.3, -0.25) is 5.43 Å². The van der Waals surface area contributed by atoms with Gasteiger partial charge in [-0.15, -0.1) is 15.3 Å². The minimum absolute atomic E-state index is 0.353. The molecule has 0 aliphatic rings. The molecular weight excluding hydrogens is 282 g/mol. The number of hydrogen-bond donors (Lipinski definition) is 1. The van der Waals surface area contributed by atoms with Crippen LogP contribution in [0.2, 0.25) is 0 Å². The Balaban J connectivity index is 1.93. The summed E-state index contributed by atoms with van der Waals surface area (Å²) in [4.78, 5) is 0.369. The highest BCUT2D eigenvalue weighted by Crippen LogP contribution is 2.13.